The predicted octanol–water partition coefficient (Wildman–Crippen LogP) is 0.349. The van der Waals surface area contributed by atoms with Crippen LogP contribution >= 0.6 is 0 Å². The van der Waals surface area contributed by atoms with Crippen LogP contribution in [0.5, 0.6) is 5.75 Å². The van der Waals surface area contributed by atoms with Gasteiger partial charge in [-0.05, 0) is 37.6 Å². The van der Waals surface area contributed by atoms with Gasteiger partial charge in [-0.1, -0.05) is 0 Å². The molecule has 2 N–H and O–H groups in total. The Morgan fingerprint density at radius 3 is 2.29 bits per heavy atom. The zero-order valence-electron chi connectivity index (χ0n) is 11.7. The van der Waals surface area contributed by atoms with Gasteiger partial charge in [0, 0.05) is 5.69 Å². The van der Waals surface area contributed by atoms with Crippen molar-refractivity contribution in [3.05, 3.63) is 23.8 Å². The van der Waals surface area contributed by atoms with Crippen molar-refractivity contribution in [2.45, 2.75) is 19.9 Å². The lowest BCUT2D eigenvalue weighted by Crippen LogP contribution is -2.58. The van der Waals surface area contributed by atoms with Crippen molar-refractivity contribution in [3.63, 3.8) is 0 Å². The van der Waals surface area contributed by atoms with E-state index in [-0.39, 0.29) is 18.8 Å². The molecule has 0 aliphatic carbocycles. The van der Waals surface area contributed by atoms with Gasteiger partial charge in [-0.15, -0.1) is 0 Å². The lowest BCUT2D eigenvalue weighted by Gasteiger charge is -2.36. The molecule has 1 unspecified atom stereocenters. The molecular formula is C14H16N2O5. The highest BCUT2D eigenvalue weighted by molar-refractivity contribution is 6.05. The summed E-state index contributed by atoms with van der Waals surface area (Å²) in [6, 6.07) is 3.47. The highest BCUT2D eigenvalue weighted by Crippen LogP contribution is 2.26. The molecule has 0 spiro atoms. The number of nitrogens with zero attached hydrogens (tertiary/aromatic N) is 2. The Morgan fingerprint density at radius 2 is 1.81 bits per heavy atom. The molecule has 2 amide bonds. The van der Waals surface area contributed by atoms with E-state index in [1.165, 1.54) is 19.1 Å². The molecule has 7 nitrogen and oxygen atoms in total. The number of carboxylic acid groups (broad SMARTS) is 1. The minimum atomic E-state index is -1.22. The fraction of sp³-hybridized carbons (Fsp3) is 0.357. The third kappa shape index (κ3) is 2.81. The molecule has 112 valence electrons. The molecule has 0 aromatic heterocycles. The number of carbonyl (C=O) groups is 3. The topological polar surface area (TPSA) is 98.2 Å². The van der Waals surface area contributed by atoms with Gasteiger partial charge in [-0.2, -0.15) is 0 Å². The zero-order chi connectivity index (χ0) is 15.7. The van der Waals surface area contributed by atoms with Crippen LogP contribution in [0.1, 0.15) is 12.5 Å². The maximum Gasteiger partial charge on any atom is 0.326 e. The second-order valence-electron chi connectivity index (χ2n) is 5.00. The molecule has 2 rings (SSSR count). The SMILES string of the molecule is Cc1cc(O)ccc1N1CC(=O)N(C(C)C(=O)O)C(=O)C1. The van der Waals surface area contributed by atoms with Crippen LogP contribution in [0, 0.1) is 6.92 Å². The molecule has 1 heterocycles. The van der Waals surface area contributed by atoms with Gasteiger partial charge in [0.2, 0.25) is 11.8 Å². The molecule has 1 aromatic rings. The Balaban J connectivity index is 2.24. The number of aryl methyl sites for hydroxylation is 1. The molecule has 0 saturated carbocycles. The summed E-state index contributed by atoms with van der Waals surface area (Å²) in [7, 11) is 0. The summed E-state index contributed by atoms with van der Waals surface area (Å²) in [5, 5.41) is 18.3. The number of benzene rings is 1. The van der Waals surface area contributed by atoms with E-state index in [1.807, 2.05) is 0 Å². The second kappa shape index (κ2) is 5.43. The number of anilines is 1. The van der Waals surface area contributed by atoms with Crippen LogP contribution < -0.4 is 4.90 Å². The third-order valence-electron chi connectivity index (χ3n) is 3.46. The molecule has 1 atom stereocenters. The summed E-state index contributed by atoms with van der Waals surface area (Å²) < 4.78 is 0. The third-order valence-corrected chi connectivity index (χ3v) is 3.46. The summed E-state index contributed by atoms with van der Waals surface area (Å²) in [6.45, 7) is 2.92. The van der Waals surface area contributed by atoms with Gasteiger partial charge in [0.1, 0.15) is 11.8 Å². The number of piperazine rings is 1. The highest BCUT2D eigenvalue weighted by atomic mass is 16.4. The molecule has 21 heavy (non-hydrogen) atoms. The molecule has 1 aromatic carbocycles. The van der Waals surface area contributed by atoms with Crippen molar-refractivity contribution < 1.29 is 24.6 Å². The molecular weight excluding hydrogens is 276 g/mol. The number of hydrogen-bond acceptors (Lipinski definition) is 5. The minimum Gasteiger partial charge on any atom is -0.508 e. The average Bonchev–Trinajstić information content (AvgIpc) is 2.37. The van der Waals surface area contributed by atoms with Crippen molar-refractivity contribution in [2.24, 2.45) is 0 Å². The van der Waals surface area contributed by atoms with E-state index in [4.69, 9.17) is 5.11 Å². The first-order valence-electron chi connectivity index (χ1n) is 6.43. The number of phenolic OH excluding ortho intramolecular Hbond substituents is 1. The number of aliphatic carboxylic acids is 1. The number of amides is 2. The molecule has 1 saturated heterocycles. The van der Waals surface area contributed by atoms with E-state index in [0.29, 0.717) is 5.69 Å². The molecule has 0 bridgehead atoms. The first-order chi connectivity index (χ1) is 9.81. The van der Waals surface area contributed by atoms with E-state index in [0.717, 1.165) is 10.5 Å². The second-order valence-corrected chi connectivity index (χ2v) is 5.00. The van der Waals surface area contributed by atoms with Gasteiger partial charge in [-0.3, -0.25) is 14.5 Å². The van der Waals surface area contributed by atoms with Crippen molar-refractivity contribution >= 4 is 23.5 Å². The highest BCUT2D eigenvalue weighted by Gasteiger charge is 2.37. The Morgan fingerprint density at radius 1 is 1.24 bits per heavy atom. The Kier molecular flexibility index (Phi) is 3.84. The fourth-order valence-corrected chi connectivity index (χ4v) is 2.38. The molecule has 1 fully saturated rings. The number of hydrogen-bond donors (Lipinski definition) is 2. The Labute approximate surface area is 121 Å². The standard InChI is InChI=1S/C14H16N2O5/c1-8-5-10(17)3-4-11(8)15-6-12(18)16(13(19)7-15)9(2)14(20)21/h3-5,9,17H,6-7H2,1-2H3,(H,20,21). The van der Waals surface area contributed by atoms with Crippen LogP contribution in [0.15, 0.2) is 18.2 Å². The minimum absolute atomic E-state index is 0.0744. The smallest absolute Gasteiger partial charge is 0.326 e. The van der Waals surface area contributed by atoms with E-state index < -0.39 is 23.8 Å². The molecule has 7 heteroatoms. The largest absolute Gasteiger partial charge is 0.508 e. The molecule has 0 radical (unpaired) electrons. The predicted molar refractivity (Wildman–Crippen MR) is 74.0 cm³/mol. The first-order valence-corrected chi connectivity index (χ1v) is 6.43. The van der Waals surface area contributed by atoms with Gasteiger partial charge in [0.25, 0.3) is 0 Å². The maximum atomic E-state index is 12.1. The summed E-state index contributed by atoms with van der Waals surface area (Å²) in [5.74, 6) is -2.21. The van der Waals surface area contributed by atoms with Crippen LogP contribution in [-0.4, -0.2) is 52.0 Å². The Bertz CT molecular complexity index is 595. The Hall–Kier alpha value is -2.57. The monoisotopic (exact) mass is 292 g/mol. The number of carbonyl (C=O) groups excluding carboxylic acids is 2. The number of aromatic hydroxyl groups is 1. The van der Waals surface area contributed by atoms with Gasteiger partial charge in [0.05, 0.1) is 13.1 Å². The summed E-state index contributed by atoms with van der Waals surface area (Å²) in [6.07, 6.45) is 0. The van der Waals surface area contributed by atoms with Crippen LogP contribution in [0.25, 0.3) is 0 Å². The number of phenols is 1. The zero-order valence-corrected chi connectivity index (χ0v) is 11.7. The summed E-state index contributed by atoms with van der Waals surface area (Å²) >= 11 is 0. The van der Waals surface area contributed by atoms with E-state index in [9.17, 15) is 19.5 Å². The van der Waals surface area contributed by atoms with Gasteiger partial charge >= 0.3 is 5.97 Å². The number of imide groups is 1. The number of rotatable bonds is 3. The fourth-order valence-electron chi connectivity index (χ4n) is 2.38. The summed E-state index contributed by atoms with van der Waals surface area (Å²) in [5.41, 5.74) is 1.40. The van der Waals surface area contributed by atoms with E-state index in [1.54, 1.807) is 17.9 Å². The van der Waals surface area contributed by atoms with Crippen molar-refractivity contribution in [2.75, 3.05) is 18.0 Å². The lowest BCUT2D eigenvalue weighted by atomic mass is 10.1. The lowest BCUT2D eigenvalue weighted by molar-refractivity contribution is -0.157. The van der Waals surface area contributed by atoms with Crippen molar-refractivity contribution in [1.29, 1.82) is 0 Å². The summed E-state index contributed by atoms with van der Waals surface area (Å²) in [4.78, 5) is 37.4. The molecule has 1 aliphatic rings. The van der Waals surface area contributed by atoms with Gasteiger partial charge < -0.3 is 15.1 Å². The van der Waals surface area contributed by atoms with Crippen LogP contribution in [-0.2, 0) is 14.4 Å². The van der Waals surface area contributed by atoms with Crippen molar-refractivity contribution in [1.82, 2.24) is 4.90 Å². The first kappa shape index (κ1) is 14.8. The van der Waals surface area contributed by atoms with Crippen LogP contribution in [0.3, 0.4) is 0 Å². The van der Waals surface area contributed by atoms with Crippen molar-refractivity contribution in [3.8, 4) is 5.75 Å². The van der Waals surface area contributed by atoms with E-state index >= 15 is 0 Å². The van der Waals surface area contributed by atoms with Gasteiger partial charge in [-0.25, -0.2) is 4.79 Å². The van der Waals surface area contributed by atoms with Crippen LogP contribution in [0.4, 0.5) is 5.69 Å². The average molecular weight is 292 g/mol. The molecule has 1 aliphatic heterocycles. The normalized spacial score (nSPS) is 17.0. The van der Waals surface area contributed by atoms with Crippen LogP contribution in [0.2, 0.25) is 0 Å². The maximum absolute atomic E-state index is 12.1. The van der Waals surface area contributed by atoms with Gasteiger partial charge in [0.15, 0.2) is 0 Å². The van der Waals surface area contributed by atoms with E-state index in [2.05, 4.69) is 0 Å². The number of carboxylic acids is 1. The quantitative estimate of drug-likeness (QED) is 0.780.